The molecule has 0 saturated heterocycles. The molecule has 0 bridgehead atoms. The molecule has 1 N–H and O–H groups in total. The third-order valence-corrected chi connectivity index (χ3v) is 6.25. The number of aromatic amines is 1. The van der Waals surface area contributed by atoms with Crippen molar-refractivity contribution in [1.29, 1.82) is 0 Å². The van der Waals surface area contributed by atoms with E-state index in [2.05, 4.69) is 4.98 Å². The Morgan fingerprint density at radius 1 is 1.06 bits per heavy atom. The van der Waals surface area contributed by atoms with Gasteiger partial charge >= 0.3 is 5.69 Å². The van der Waals surface area contributed by atoms with Crippen LogP contribution >= 0.6 is 11.3 Å². The summed E-state index contributed by atoms with van der Waals surface area (Å²) in [7, 11) is 1.75. The summed E-state index contributed by atoms with van der Waals surface area (Å²) in [6.45, 7) is 0.358. The fraction of sp³-hybridized carbons (Fsp3) is 0.125. The number of carbonyl (C=O) groups is 1. The van der Waals surface area contributed by atoms with Gasteiger partial charge in [0.15, 0.2) is 0 Å². The summed E-state index contributed by atoms with van der Waals surface area (Å²) in [5.74, 6) is -0.151. The minimum atomic E-state index is -0.288. The number of para-hydroxylation sites is 3. The Labute approximate surface area is 188 Å². The van der Waals surface area contributed by atoms with Crippen molar-refractivity contribution in [2.45, 2.75) is 13.1 Å². The molecular formula is C24H21N5O2S. The largest absolute Gasteiger partial charge is 0.340 e. The molecule has 0 unspecified atom stereocenters. The Morgan fingerprint density at radius 2 is 1.84 bits per heavy atom. The van der Waals surface area contributed by atoms with Crippen LogP contribution in [0.1, 0.15) is 5.56 Å². The number of hydrogen-bond donors (Lipinski definition) is 1. The summed E-state index contributed by atoms with van der Waals surface area (Å²) in [6.07, 6.45) is 1.96. The molecule has 0 aliphatic heterocycles. The van der Waals surface area contributed by atoms with Crippen molar-refractivity contribution >= 4 is 28.3 Å². The van der Waals surface area contributed by atoms with E-state index in [-0.39, 0.29) is 18.1 Å². The van der Waals surface area contributed by atoms with Crippen LogP contribution in [0.25, 0.3) is 27.3 Å². The molecular weight excluding hydrogens is 422 g/mol. The fourth-order valence-corrected chi connectivity index (χ4v) is 4.47. The van der Waals surface area contributed by atoms with Gasteiger partial charge < -0.3 is 9.88 Å². The number of nitrogens with one attached hydrogen (secondary N) is 1. The first-order valence-corrected chi connectivity index (χ1v) is 11.1. The van der Waals surface area contributed by atoms with Crippen molar-refractivity contribution in [3.63, 3.8) is 0 Å². The molecule has 3 aromatic heterocycles. The Kier molecular flexibility index (Phi) is 5.20. The average Bonchev–Trinajstić information content (AvgIpc) is 3.54. The number of thiophene rings is 1. The number of carbonyl (C=O) groups excluding carboxylic acids is 1. The standard InChI is InChI=1S/C24H21N5O2S/c1-27(22(30)16-28-20-11-6-5-10-19(20)25-24(28)31)14-17-15-29(18-8-3-2-4-9-18)26-23(17)21-12-7-13-32-21/h2-13,15H,14,16H2,1H3,(H,25,31). The Bertz CT molecular complexity index is 1430. The number of H-pyrrole nitrogens is 1. The van der Waals surface area contributed by atoms with Crippen LogP contribution in [-0.4, -0.2) is 37.2 Å². The summed E-state index contributed by atoms with van der Waals surface area (Å²) in [5.41, 5.74) is 3.90. The highest BCUT2D eigenvalue weighted by Gasteiger charge is 2.19. The van der Waals surface area contributed by atoms with Crippen LogP contribution < -0.4 is 5.69 Å². The summed E-state index contributed by atoms with van der Waals surface area (Å²) >= 11 is 1.61. The van der Waals surface area contributed by atoms with Gasteiger partial charge in [0, 0.05) is 25.4 Å². The predicted octanol–water partition coefficient (Wildman–Crippen LogP) is 3.90. The summed E-state index contributed by atoms with van der Waals surface area (Å²) in [4.78, 5) is 30.8. The van der Waals surface area contributed by atoms with E-state index >= 15 is 0 Å². The smallest absolute Gasteiger partial charge is 0.326 e. The number of aromatic nitrogens is 4. The number of rotatable bonds is 6. The van der Waals surface area contributed by atoms with Gasteiger partial charge in [0.2, 0.25) is 5.91 Å². The van der Waals surface area contributed by atoms with E-state index in [4.69, 9.17) is 5.10 Å². The molecule has 5 rings (SSSR count). The number of nitrogens with zero attached hydrogens (tertiary/aromatic N) is 4. The number of benzene rings is 2. The van der Waals surface area contributed by atoms with Gasteiger partial charge in [-0.25, -0.2) is 9.48 Å². The molecule has 2 aromatic carbocycles. The lowest BCUT2D eigenvalue weighted by Gasteiger charge is -2.17. The molecule has 0 atom stereocenters. The van der Waals surface area contributed by atoms with Gasteiger partial charge in [-0.05, 0) is 35.7 Å². The predicted molar refractivity (Wildman–Crippen MR) is 126 cm³/mol. The second-order valence-corrected chi connectivity index (χ2v) is 8.49. The molecule has 0 spiro atoms. The van der Waals surface area contributed by atoms with Crippen LogP contribution in [0.15, 0.2) is 83.1 Å². The third-order valence-electron chi connectivity index (χ3n) is 5.37. The van der Waals surface area contributed by atoms with Crippen molar-refractivity contribution in [2.24, 2.45) is 0 Å². The molecule has 7 nitrogen and oxygen atoms in total. The van der Waals surface area contributed by atoms with Crippen molar-refractivity contribution in [3.05, 3.63) is 94.4 Å². The second-order valence-electron chi connectivity index (χ2n) is 7.54. The minimum Gasteiger partial charge on any atom is -0.340 e. The van der Waals surface area contributed by atoms with Gasteiger partial charge in [0.05, 0.1) is 21.6 Å². The van der Waals surface area contributed by atoms with E-state index in [0.717, 1.165) is 32.9 Å². The summed E-state index contributed by atoms with van der Waals surface area (Å²) in [5, 5.41) is 6.81. The van der Waals surface area contributed by atoms with Crippen LogP contribution in [-0.2, 0) is 17.9 Å². The first-order chi connectivity index (χ1) is 15.6. The van der Waals surface area contributed by atoms with Gasteiger partial charge in [-0.15, -0.1) is 11.3 Å². The topological polar surface area (TPSA) is 75.9 Å². The molecule has 5 aromatic rings. The number of likely N-dealkylation sites (N-methyl/N-ethyl adjacent to an activating group) is 1. The van der Waals surface area contributed by atoms with Gasteiger partial charge in [-0.1, -0.05) is 36.4 Å². The molecule has 0 aliphatic rings. The molecule has 160 valence electrons. The molecule has 0 saturated carbocycles. The van der Waals surface area contributed by atoms with E-state index in [1.54, 1.807) is 23.3 Å². The van der Waals surface area contributed by atoms with Crippen molar-refractivity contribution in [3.8, 4) is 16.3 Å². The Balaban J connectivity index is 1.42. The van der Waals surface area contributed by atoms with Crippen LogP contribution in [0.2, 0.25) is 0 Å². The summed E-state index contributed by atoms with van der Waals surface area (Å²) < 4.78 is 3.31. The maximum Gasteiger partial charge on any atom is 0.326 e. The van der Waals surface area contributed by atoms with E-state index in [9.17, 15) is 9.59 Å². The highest BCUT2D eigenvalue weighted by molar-refractivity contribution is 7.13. The van der Waals surface area contributed by atoms with Gasteiger partial charge in [-0.3, -0.25) is 9.36 Å². The minimum absolute atomic E-state index is 0.0273. The van der Waals surface area contributed by atoms with Crippen molar-refractivity contribution in [1.82, 2.24) is 24.2 Å². The van der Waals surface area contributed by atoms with Crippen LogP contribution in [0, 0.1) is 0 Å². The summed E-state index contributed by atoms with van der Waals surface area (Å²) in [6, 6.07) is 21.3. The molecule has 32 heavy (non-hydrogen) atoms. The average molecular weight is 444 g/mol. The number of imidazole rings is 1. The first-order valence-electron chi connectivity index (χ1n) is 10.2. The Morgan fingerprint density at radius 3 is 2.62 bits per heavy atom. The van der Waals surface area contributed by atoms with Gasteiger partial charge in [0.1, 0.15) is 12.2 Å². The lowest BCUT2D eigenvalue weighted by molar-refractivity contribution is -0.131. The number of hydrogen-bond acceptors (Lipinski definition) is 4. The quantitative estimate of drug-likeness (QED) is 0.432. The highest BCUT2D eigenvalue weighted by atomic mass is 32.1. The van der Waals surface area contributed by atoms with Gasteiger partial charge in [0.25, 0.3) is 0 Å². The monoisotopic (exact) mass is 443 g/mol. The lowest BCUT2D eigenvalue weighted by Crippen LogP contribution is -2.32. The maximum absolute atomic E-state index is 13.0. The molecule has 8 heteroatoms. The van der Waals surface area contributed by atoms with Crippen LogP contribution in [0.5, 0.6) is 0 Å². The number of fused-ring (bicyclic) bond motifs is 1. The lowest BCUT2D eigenvalue weighted by atomic mass is 10.2. The normalized spacial score (nSPS) is 11.2. The molecule has 1 amide bonds. The fourth-order valence-electron chi connectivity index (χ4n) is 3.72. The Hall–Kier alpha value is -3.91. The van der Waals surface area contributed by atoms with E-state index in [1.165, 1.54) is 4.57 Å². The van der Waals surface area contributed by atoms with Gasteiger partial charge in [-0.2, -0.15) is 5.10 Å². The zero-order valence-electron chi connectivity index (χ0n) is 17.4. The zero-order valence-corrected chi connectivity index (χ0v) is 18.2. The SMILES string of the molecule is CN(Cc1cn(-c2ccccc2)nc1-c1cccs1)C(=O)Cn1c(=O)[nH]c2ccccc21. The molecule has 0 aliphatic carbocycles. The molecule has 0 radical (unpaired) electrons. The molecule has 0 fully saturated rings. The third kappa shape index (κ3) is 3.76. The van der Waals surface area contributed by atoms with E-state index in [1.807, 2.05) is 83.0 Å². The van der Waals surface area contributed by atoms with Crippen molar-refractivity contribution < 1.29 is 4.79 Å². The number of amides is 1. The zero-order chi connectivity index (χ0) is 22.1. The molecule has 3 heterocycles. The van der Waals surface area contributed by atoms with E-state index < -0.39 is 0 Å². The van der Waals surface area contributed by atoms with Crippen LogP contribution in [0.3, 0.4) is 0 Å². The second kappa shape index (κ2) is 8.32. The van der Waals surface area contributed by atoms with Crippen LogP contribution in [0.4, 0.5) is 0 Å². The maximum atomic E-state index is 13.0. The first kappa shape index (κ1) is 20.0. The van der Waals surface area contributed by atoms with E-state index in [0.29, 0.717) is 6.54 Å². The van der Waals surface area contributed by atoms with Crippen molar-refractivity contribution in [2.75, 3.05) is 7.05 Å². The highest BCUT2D eigenvalue weighted by Crippen LogP contribution is 2.28.